The Hall–Kier alpha value is -0.480. The van der Waals surface area contributed by atoms with Crippen molar-refractivity contribution in [1.29, 1.82) is 0 Å². The first-order valence-corrected chi connectivity index (χ1v) is 4.20. The quantitative estimate of drug-likeness (QED) is 0.683. The third-order valence-corrected chi connectivity index (χ3v) is 2.09. The second-order valence-corrected chi connectivity index (χ2v) is 3.05. The van der Waals surface area contributed by atoms with E-state index in [1.54, 1.807) is 0 Å². The Morgan fingerprint density at radius 2 is 2.10 bits per heavy atom. The van der Waals surface area contributed by atoms with Gasteiger partial charge in [0.2, 0.25) is 0 Å². The van der Waals surface area contributed by atoms with Gasteiger partial charge in [-0.05, 0) is 34.0 Å². The predicted octanol–water partition coefficient (Wildman–Crippen LogP) is 3.00. The highest BCUT2D eigenvalue weighted by Crippen LogP contribution is 2.14. The SMILES string of the molecule is CCCc1cc#ccc1Br. The Kier molecular flexibility index (Phi) is 2.77. The molecule has 0 radical (unpaired) electrons. The zero-order chi connectivity index (χ0) is 7.40. The summed E-state index contributed by atoms with van der Waals surface area (Å²) < 4.78 is 1.15. The van der Waals surface area contributed by atoms with Crippen molar-refractivity contribution in [2.24, 2.45) is 0 Å². The van der Waals surface area contributed by atoms with Crippen LogP contribution in [0.1, 0.15) is 18.9 Å². The van der Waals surface area contributed by atoms with Gasteiger partial charge >= 0.3 is 0 Å². The molecule has 0 saturated heterocycles. The molecule has 1 heteroatoms. The Balaban J connectivity index is 2.81. The molecule has 0 spiro atoms. The molecule has 0 aromatic heterocycles. The molecular weight excluding hydrogens is 188 g/mol. The fourth-order valence-electron chi connectivity index (χ4n) is 0.856. The highest BCUT2D eigenvalue weighted by atomic mass is 79.9. The Labute approximate surface area is 70.4 Å². The van der Waals surface area contributed by atoms with E-state index in [-0.39, 0.29) is 0 Å². The molecule has 0 bridgehead atoms. The molecule has 0 amide bonds. The van der Waals surface area contributed by atoms with E-state index >= 15 is 0 Å². The number of rotatable bonds is 2. The average molecular weight is 197 g/mol. The summed E-state index contributed by atoms with van der Waals surface area (Å²) in [5.41, 5.74) is 1.32. The van der Waals surface area contributed by atoms with Crippen molar-refractivity contribution in [3.63, 3.8) is 0 Å². The van der Waals surface area contributed by atoms with Crippen molar-refractivity contribution < 1.29 is 0 Å². The number of aryl methyl sites for hydroxylation is 1. The van der Waals surface area contributed by atoms with Crippen molar-refractivity contribution in [2.75, 3.05) is 0 Å². The summed E-state index contributed by atoms with van der Waals surface area (Å²) in [7, 11) is 0. The van der Waals surface area contributed by atoms with E-state index in [0.717, 1.165) is 10.9 Å². The minimum atomic E-state index is 1.12. The predicted molar refractivity (Wildman–Crippen MR) is 45.8 cm³/mol. The Morgan fingerprint density at radius 1 is 1.40 bits per heavy atom. The lowest BCUT2D eigenvalue weighted by Crippen LogP contribution is -1.81. The van der Waals surface area contributed by atoms with Crippen molar-refractivity contribution in [2.45, 2.75) is 19.8 Å². The maximum Gasteiger partial charge on any atom is 0.0297 e. The first kappa shape index (κ1) is 7.63. The minimum Gasteiger partial charge on any atom is -0.0699 e. The highest BCUT2D eigenvalue weighted by Gasteiger charge is 1.93. The normalized spacial score (nSPS) is 9.00. The Morgan fingerprint density at radius 3 is 2.70 bits per heavy atom. The van der Waals surface area contributed by atoms with Crippen molar-refractivity contribution in [3.8, 4) is 0 Å². The first-order valence-electron chi connectivity index (χ1n) is 3.40. The van der Waals surface area contributed by atoms with Gasteiger partial charge in [-0.1, -0.05) is 25.5 Å². The van der Waals surface area contributed by atoms with Crippen LogP contribution in [0.4, 0.5) is 0 Å². The highest BCUT2D eigenvalue weighted by molar-refractivity contribution is 9.10. The van der Waals surface area contributed by atoms with Gasteiger partial charge in [0.15, 0.2) is 0 Å². The van der Waals surface area contributed by atoms with Crippen LogP contribution < -0.4 is 0 Å². The van der Waals surface area contributed by atoms with E-state index in [1.807, 2.05) is 12.1 Å². The zero-order valence-corrected chi connectivity index (χ0v) is 7.53. The fraction of sp³-hybridized carbons (Fsp3) is 0.333. The molecule has 1 aromatic carbocycles. The summed E-state index contributed by atoms with van der Waals surface area (Å²) in [6.45, 7) is 2.17. The number of halogens is 1. The fourth-order valence-corrected chi connectivity index (χ4v) is 1.28. The third-order valence-electron chi connectivity index (χ3n) is 1.35. The van der Waals surface area contributed by atoms with Crippen molar-refractivity contribution in [3.05, 3.63) is 34.3 Å². The van der Waals surface area contributed by atoms with Crippen LogP contribution >= 0.6 is 15.9 Å². The average Bonchev–Trinajstić information content (AvgIpc) is 1.94. The van der Waals surface area contributed by atoms with Gasteiger partial charge in [0.25, 0.3) is 0 Å². The topological polar surface area (TPSA) is 0 Å². The van der Waals surface area contributed by atoms with Crippen LogP contribution in [0, 0.1) is 12.1 Å². The summed E-state index contributed by atoms with van der Waals surface area (Å²) in [4.78, 5) is 0. The van der Waals surface area contributed by atoms with Crippen LogP contribution in [0.2, 0.25) is 0 Å². The monoisotopic (exact) mass is 196 g/mol. The maximum absolute atomic E-state index is 3.45. The van der Waals surface area contributed by atoms with Gasteiger partial charge in [0.05, 0.1) is 0 Å². The number of hydrogen-bond acceptors (Lipinski definition) is 0. The van der Waals surface area contributed by atoms with Gasteiger partial charge < -0.3 is 0 Å². The molecule has 0 aliphatic heterocycles. The van der Waals surface area contributed by atoms with Gasteiger partial charge in [-0.25, -0.2) is 0 Å². The molecule has 52 valence electrons. The van der Waals surface area contributed by atoms with Gasteiger partial charge in [-0.15, -0.1) is 0 Å². The van der Waals surface area contributed by atoms with Gasteiger partial charge in [-0.2, -0.15) is 0 Å². The minimum absolute atomic E-state index is 1.12. The molecule has 0 nitrogen and oxygen atoms in total. The van der Waals surface area contributed by atoms with E-state index in [4.69, 9.17) is 0 Å². The molecule has 0 unspecified atom stereocenters. The molecule has 0 aliphatic carbocycles. The van der Waals surface area contributed by atoms with Gasteiger partial charge in [-0.3, -0.25) is 0 Å². The van der Waals surface area contributed by atoms with Crippen molar-refractivity contribution in [1.82, 2.24) is 0 Å². The van der Waals surface area contributed by atoms with Crippen LogP contribution in [-0.2, 0) is 6.42 Å². The summed E-state index contributed by atoms with van der Waals surface area (Å²) in [5.74, 6) is 0. The molecule has 0 saturated carbocycles. The van der Waals surface area contributed by atoms with Gasteiger partial charge in [0, 0.05) is 10.5 Å². The smallest absolute Gasteiger partial charge is 0.0297 e. The molecule has 1 aromatic rings. The first-order chi connectivity index (χ1) is 4.84. The molecule has 0 heterocycles. The second kappa shape index (κ2) is 3.63. The molecule has 0 aliphatic rings. The molecule has 0 atom stereocenters. The molecule has 1 rings (SSSR count). The van der Waals surface area contributed by atoms with Crippen molar-refractivity contribution >= 4 is 15.9 Å². The summed E-state index contributed by atoms with van der Waals surface area (Å²) in [5, 5.41) is 0. The maximum atomic E-state index is 3.45. The summed E-state index contributed by atoms with van der Waals surface area (Å²) in [6.07, 6.45) is 2.29. The van der Waals surface area contributed by atoms with Crippen LogP contribution in [0.15, 0.2) is 16.6 Å². The Bertz CT molecular complexity index is 206. The molecule has 0 N–H and O–H groups in total. The third kappa shape index (κ3) is 1.75. The largest absolute Gasteiger partial charge is 0.0699 e. The van der Waals surface area contributed by atoms with E-state index in [1.165, 1.54) is 12.0 Å². The van der Waals surface area contributed by atoms with E-state index in [2.05, 4.69) is 35.0 Å². The standard InChI is InChI=1S/C9H9Br/c1-2-5-8-6-3-4-7-9(8)10/h6-7H,2,5H2,1H3. The summed E-state index contributed by atoms with van der Waals surface area (Å²) in [6, 6.07) is 9.71. The van der Waals surface area contributed by atoms with Gasteiger partial charge in [0.1, 0.15) is 0 Å². The van der Waals surface area contributed by atoms with E-state index in [9.17, 15) is 0 Å². The molecule has 10 heavy (non-hydrogen) atoms. The lowest BCUT2D eigenvalue weighted by Gasteiger charge is -1.96. The summed E-state index contributed by atoms with van der Waals surface area (Å²) >= 11 is 3.45. The van der Waals surface area contributed by atoms with Crippen LogP contribution in [0.5, 0.6) is 0 Å². The van der Waals surface area contributed by atoms with E-state index < -0.39 is 0 Å². The zero-order valence-electron chi connectivity index (χ0n) is 5.95. The lowest BCUT2D eigenvalue weighted by molar-refractivity contribution is 0.917. The van der Waals surface area contributed by atoms with Crippen LogP contribution in [0.3, 0.4) is 0 Å². The number of hydrogen-bond donors (Lipinski definition) is 0. The lowest BCUT2D eigenvalue weighted by atomic mass is 10.1. The molecular formula is C9H9Br. The molecule has 0 fully saturated rings. The van der Waals surface area contributed by atoms with Crippen LogP contribution in [-0.4, -0.2) is 0 Å². The van der Waals surface area contributed by atoms with Crippen LogP contribution in [0.25, 0.3) is 0 Å². The second-order valence-electron chi connectivity index (χ2n) is 2.20. The van der Waals surface area contributed by atoms with E-state index in [0.29, 0.717) is 0 Å².